The Morgan fingerprint density at radius 2 is 0.621 bits per heavy atom. The highest BCUT2D eigenvalue weighted by Crippen LogP contribution is 2.60. The predicted octanol–water partition coefficient (Wildman–Crippen LogP) is 20.6. The summed E-state index contributed by atoms with van der Waals surface area (Å²) < 4.78 is 26.1. The molecule has 0 fully saturated rings. The van der Waals surface area contributed by atoms with E-state index in [0.29, 0.717) is 20.2 Å². The van der Waals surface area contributed by atoms with E-state index in [1.807, 2.05) is 0 Å². The van der Waals surface area contributed by atoms with Gasteiger partial charge in [0, 0.05) is 49.8 Å². The molecule has 95 heavy (non-hydrogen) atoms. The summed E-state index contributed by atoms with van der Waals surface area (Å²) in [6.07, 6.45) is 4.52. The van der Waals surface area contributed by atoms with Gasteiger partial charge in [0.2, 0.25) is 22.6 Å². The molecule has 17 aromatic rings. The van der Waals surface area contributed by atoms with Crippen LogP contribution in [0.5, 0.6) is 17.2 Å². The molecule has 3 aliphatic carbocycles. The van der Waals surface area contributed by atoms with Crippen molar-refractivity contribution in [3.8, 4) is 51.0 Å². The Bertz CT molecular complexity index is 6300. The first-order chi connectivity index (χ1) is 46.3. The Hall–Kier alpha value is -11.2. The van der Waals surface area contributed by atoms with Crippen molar-refractivity contribution < 1.29 is 27.9 Å². The van der Waals surface area contributed by atoms with Crippen LogP contribution in [0.15, 0.2) is 243 Å². The molecule has 0 radical (unpaired) electrons. The molecule has 0 N–H and O–H groups in total. The number of fused-ring (bicyclic) bond motifs is 18. The number of hydrogen-bond acceptors (Lipinski definition) is 3. The number of hydrogen-bond donors (Lipinski definition) is 0. The standard InChI is InChI=1S/2C31H22NO.C27H20NO/c1-31(2)28-24-13-20-9-5-3-7-18(20)11-22(24)15-26-27(28)30-29(31)25-14-21-10-6-4-8-19(21)12-23(25)16-32(30)17-33-26;1-31(2)25-16-24-22-10-6-5-7-18(22)11-12-26(24)32-17-33-27-15-21-13-19-8-3-4-9-20(19)14-23(21)29(31)28(27)30(25)32;1-27(2)24-21-12-17-8-4-3-7-16(17)11-19(21)13-22-23(24)26-25(27)20-10-6-5-9-18(20)14-28(26)15-29-22/h2*3-16H,17H2,1-2H3;3-14H,15H2,1-2H3/q3*+1. The third-order valence-corrected chi connectivity index (χ3v) is 22.6. The summed E-state index contributed by atoms with van der Waals surface area (Å²) in [7, 11) is 0. The van der Waals surface area contributed by atoms with E-state index < -0.39 is 0 Å². The number of rotatable bonds is 0. The van der Waals surface area contributed by atoms with Gasteiger partial charge in [-0.25, -0.2) is 0 Å². The van der Waals surface area contributed by atoms with Crippen LogP contribution >= 0.6 is 0 Å². The summed E-state index contributed by atoms with van der Waals surface area (Å²) in [4.78, 5) is 0. The maximum atomic E-state index is 6.46. The van der Waals surface area contributed by atoms with Crippen LogP contribution in [0.25, 0.3) is 152 Å². The summed E-state index contributed by atoms with van der Waals surface area (Å²) in [5.41, 5.74) is 17.1. The zero-order chi connectivity index (χ0) is 63.1. The minimum absolute atomic E-state index is 0.0995. The van der Waals surface area contributed by atoms with E-state index in [1.54, 1.807) is 0 Å². The van der Waals surface area contributed by atoms with Crippen molar-refractivity contribution in [2.24, 2.45) is 0 Å². The molecule has 3 aliphatic heterocycles. The van der Waals surface area contributed by atoms with Crippen molar-refractivity contribution in [2.45, 2.75) is 78.0 Å². The van der Waals surface area contributed by atoms with Gasteiger partial charge in [0.05, 0.1) is 22.1 Å². The Labute approximate surface area is 548 Å². The van der Waals surface area contributed by atoms with Gasteiger partial charge in [0.15, 0.2) is 12.4 Å². The third-order valence-electron chi connectivity index (χ3n) is 22.6. The lowest BCUT2D eigenvalue weighted by Crippen LogP contribution is -2.42. The summed E-state index contributed by atoms with van der Waals surface area (Å²) in [5, 5.41) is 27.1. The second kappa shape index (κ2) is 18.5. The fraction of sp³-hybridized carbons (Fsp3) is 0.135. The number of pyridine rings is 3. The molecular formula is C89H64N3O3+3. The average molecular weight is 1220 g/mol. The first-order valence-corrected chi connectivity index (χ1v) is 33.5. The van der Waals surface area contributed by atoms with E-state index in [4.69, 9.17) is 14.2 Å². The predicted molar refractivity (Wildman–Crippen MR) is 387 cm³/mol. The molecule has 14 aromatic carbocycles. The summed E-state index contributed by atoms with van der Waals surface area (Å²) in [5.74, 6) is 3.05. The molecule has 0 spiro atoms. The number of nitrogens with zero attached hydrogens (tertiary/aromatic N) is 3. The molecule has 0 saturated carbocycles. The Balaban J connectivity index is 0.0000000952. The van der Waals surface area contributed by atoms with Gasteiger partial charge in [-0.1, -0.05) is 181 Å². The second-order valence-electron chi connectivity index (χ2n) is 28.9. The quantitative estimate of drug-likeness (QED) is 0.0863. The number of benzene rings is 14. The monoisotopic (exact) mass is 1220 g/mol. The number of ether oxygens (including phenoxy) is 3. The van der Waals surface area contributed by atoms with Crippen molar-refractivity contribution in [3.05, 3.63) is 276 Å². The summed E-state index contributed by atoms with van der Waals surface area (Å²) in [6, 6.07) is 84.5. The lowest BCUT2D eigenvalue weighted by atomic mass is 9.78. The fourth-order valence-electron chi connectivity index (χ4n) is 18.4. The van der Waals surface area contributed by atoms with Crippen LogP contribution in [0.4, 0.5) is 0 Å². The first-order valence-electron chi connectivity index (χ1n) is 33.5. The normalized spacial score (nSPS) is 15.4. The largest absolute Gasteiger partial charge is 0.435 e. The van der Waals surface area contributed by atoms with Crippen molar-refractivity contribution in [1.82, 2.24) is 0 Å². The van der Waals surface area contributed by atoms with Gasteiger partial charge in [0.25, 0.3) is 20.2 Å². The SMILES string of the molecule is CC1(C)c2c3c(cc4cc5ccccc5cc24)OC[n+]2cc4cc5ccccc5cc4c1c2-3.CC1(C)c2c3c(cc4cc5ccccc5cc24)OC[n+]2cc4ccccc4c1c2-3.CC1(C)c2cc3c4ccccc4ccc3[n+]3c2-c2c(cc4cc5ccccc5cc4c21)OC3. The van der Waals surface area contributed by atoms with E-state index in [2.05, 4.69) is 298 Å². The molecule has 6 heteroatoms. The van der Waals surface area contributed by atoms with Crippen molar-refractivity contribution in [3.63, 3.8) is 0 Å². The topological polar surface area (TPSA) is 39.3 Å². The maximum Gasteiger partial charge on any atom is 0.293 e. The maximum absolute atomic E-state index is 6.46. The molecule has 23 rings (SSSR count). The van der Waals surface area contributed by atoms with Gasteiger partial charge in [-0.15, -0.1) is 0 Å². The molecule has 0 unspecified atom stereocenters. The van der Waals surface area contributed by atoms with E-state index in [9.17, 15) is 0 Å². The van der Waals surface area contributed by atoms with Crippen LogP contribution in [0.1, 0.15) is 74.9 Å². The van der Waals surface area contributed by atoms with Crippen molar-refractivity contribution in [1.29, 1.82) is 0 Å². The minimum Gasteiger partial charge on any atom is -0.435 e. The van der Waals surface area contributed by atoms with E-state index in [0.717, 1.165) is 17.2 Å². The summed E-state index contributed by atoms with van der Waals surface area (Å²) in [6.45, 7) is 15.9. The highest BCUT2D eigenvalue weighted by atomic mass is 16.5. The second-order valence-corrected chi connectivity index (χ2v) is 28.9. The van der Waals surface area contributed by atoms with Crippen LogP contribution in [0.2, 0.25) is 0 Å². The average Bonchev–Trinajstić information content (AvgIpc) is 1.54. The van der Waals surface area contributed by atoms with Gasteiger partial charge < -0.3 is 14.2 Å². The van der Waals surface area contributed by atoms with Gasteiger partial charge >= 0.3 is 0 Å². The molecule has 450 valence electrons. The highest BCUT2D eigenvalue weighted by molar-refractivity contribution is 6.13. The van der Waals surface area contributed by atoms with Crippen LogP contribution in [0.3, 0.4) is 0 Å². The minimum atomic E-state index is -0.140. The first kappa shape index (κ1) is 53.3. The Morgan fingerprint density at radius 1 is 0.263 bits per heavy atom. The molecule has 6 nitrogen and oxygen atoms in total. The van der Waals surface area contributed by atoms with Crippen molar-refractivity contribution in [2.75, 3.05) is 0 Å². The fourth-order valence-corrected chi connectivity index (χ4v) is 18.4. The van der Waals surface area contributed by atoms with Crippen LogP contribution in [0, 0.1) is 0 Å². The molecular weight excluding hydrogens is 1160 g/mol. The molecule has 0 atom stereocenters. The zero-order valence-corrected chi connectivity index (χ0v) is 53.8. The lowest BCUT2D eigenvalue weighted by Gasteiger charge is -2.23. The van der Waals surface area contributed by atoms with E-state index in [1.165, 1.54) is 186 Å². The van der Waals surface area contributed by atoms with E-state index in [-0.39, 0.29) is 16.2 Å². The zero-order valence-electron chi connectivity index (χ0n) is 53.8. The van der Waals surface area contributed by atoms with Crippen molar-refractivity contribution >= 4 is 119 Å². The summed E-state index contributed by atoms with van der Waals surface area (Å²) >= 11 is 0. The van der Waals surface area contributed by atoms with Crippen LogP contribution in [-0.2, 0) is 36.4 Å². The van der Waals surface area contributed by atoms with Gasteiger partial charge in [-0.05, 0) is 199 Å². The highest BCUT2D eigenvalue weighted by Gasteiger charge is 2.51. The Kier molecular flexibility index (Phi) is 10.4. The Morgan fingerprint density at radius 3 is 1.11 bits per heavy atom. The third kappa shape index (κ3) is 7.16. The number of aromatic nitrogens is 3. The lowest BCUT2D eigenvalue weighted by molar-refractivity contribution is -0.716. The molecule has 0 amide bonds. The smallest absolute Gasteiger partial charge is 0.293 e. The van der Waals surface area contributed by atoms with Crippen LogP contribution in [-0.4, -0.2) is 0 Å². The van der Waals surface area contributed by atoms with Crippen LogP contribution < -0.4 is 27.9 Å². The molecule has 0 saturated heterocycles. The van der Waals surface area contributed by atoms with Gasteiger partial charge in [-0.3, -0.25) is 0 Å². The van der Waals surface area contributed by atoms with Gasteiger partial charge in [-0.2, -0.15) is 13.7 Å². The molecule has 6 heterocycles. The molecule has 0 bridgehead atoms. The van der Waals surface area contributed by atoms with E-state index >= 15 is 0 Å². The molecule has 6 aliphatic rings. The molecule has 3 aromatic heterocycles. The van der Waals surface area contributed by atoms with Gasteiger partial charge in [0.1, 0.15) is 17.2 Å².